The van der Waals surface area contributed by atoms with Crippen molar-refractivity contribution in [2.24, 2.45) is 0 Å². The first-order valence-corrected chi connectivity index (χ1v) is 7.48. The Bertz CT molecular complexity index is 404. The molecule has 0 amide bonds. The highest BCUT2D eigenvalue weighted by molar-refractivity contribution is 9.10. The third kappa shape index (κ3) is 6.39. The van der Waals surface area contributed by atoms with Crippen LogP contribution in [0.5, 0.6) is 5.75 Å². The number of halogens is 2. The highest BCUT2D eigenvalue weighted by atomic mass is 79.9. The highest BCUT2D eigenvalue weighted by Gasteiger charge is 2.15. The maximum absolute atomic E-state index is 13.4. The van der Waals surface area contributed by atoms with Crippen LogP contribution in [0.3, 0.4) is 0 Å². The molecule has 0 aliphatic rings. The van der Waals surface area contributed by atoms with Crippen LogP contribution in [0.25, 0.3) is 0 Å². The van der Waals surface area contributed by atoms with Crippen LogP contribution in [-0.2, 0) is 0 Å². The minimum Gasteiger partial charge on any atom is -0.489 e. The maximum Gasteiger partial charge on any atom is 0.141 e. The summed E-state index contributed by atoms with van der Waals surface area (Å²) in [4.78, 5) is 0. The molecule has 19 heavy (non-hydrogen) atoms. The van der Waals surface area contributed by atoms with E-state index in [1.807, 2.05) is 0 Å². The number of nitrogens with one attached hydrogen (secondary N) is 1. The van der Waals surface area contributed by atoms with Gasteiger partial charge in [0.05, 0.1) is 4.47 Å². The second-order valence-electron chi connectivity index (χ2n) is 5.74. The van der Waals surface area contributed by atoms with E-state index in [2.05, 4.69) is 48.9 Å². The molecule has 108 valence electrons. The van der Waals surface area contributed by atoms with Gasteiger partial charge in [-0.2, -0.15) is 0 Å². The normalized spacial score (nSPS) is 13.4. The summed E-state index contributed by atoms with van der Waals surface area (Å²) < 4.78 is 19.8. The Labute approximate surface area is 123 Å². The van der Waals surface area contributed by atoms with E-state index in [1.165, 1.54) is 6.07 Å². The van der Waals surface area contributed by atoms with Gasteiger partial charge >= 0.3 is 0 Å². The second kappa shape index (κ2) is 7.25. The fourth-order valence-corrected chi connectivity index (χ4v) is 1.93. The van der Waals surface area contributed by atoms with Crippen molar-refractivity contribution in [3.63, 3.8) is 0 Å². The molecule has 0 aliphatic carbocycles. The average Bonchev–Trinajstić information content (AvgIpc) is 2.30. The number of hydrogen-bond donors (Lipinski definition) is 1. The van der Waals surface area contributed by atoms with Gasteiger partial charge in [-0.05, 0) is 55.3 Å². The van der Waals surface area contributed by atoms with Crippen molar-refractivity contribution in [3.05, 3.63) is 28.5 Å². The van der Waals surface area contributed by atoms with Gasteiger partial charge in [-0.3, -0.25) is 0 Å². The summed E-state index contributed by atoms with van der Waals surface area (Å²) in [5.74, 6) is 0.284. The molecule has 0 radical (unpaired) electrons. The molecule has 0 saturated carbocycles. The Balaban J connectivity index is 2.64. The van der Waals surface area contributed by atoms with E-state index in [1.54, 1.807) is 12.1 Å². The quantitative estimate of drug-likeness (QED) is 0.827. The predicted octanol–water partition coefficient (Wildman–Crippen LogP) is 4.52. The first-order chi connectivity index (χ1) is 8.81. The van der Waals surface area contributed by atoms with Gasteiger partial charge in [0, 0.05) is 18.2 Å². The van der Waals surface area contributed by atoms with Crippen LogP contribution in [0.1, 0.15) is 40.5 Å². The van der Waals surface area contributed by atoms with Crippen LogP contribution in [0.15, 0.2) is 22.7 Å². The zero-order valence-electron chi connectivity index (χ0n) is 12.1. The van der Waals surface area contributed by atoms with Crippen LogP contribution < -0.4 is 10.1 Å². The number of benzene rings is 1. The molecule has 1 atom stereocenters. The lowest BCUT2D eigenvalue weighted by Crippen LogP contribution is -2.42. The van der Waals surface area contributed by atoms with E-state index in [-0.39, 0.29) is 17.5 Å². The first kappa shape index (κ1) is 16.4. The lowest BCUT2D eigenvalue weighted by molar-refractivity contribution is 0.174. The topological polar surface area (TPSA) is 21.3 Å². The Morgan fingerprint density at radius 1 is 1.37 bits per heavy atom. The molecule has 1 unspecified atom stereocenters. The average molecular weight is 332 g/mol. The Kier molecular flexibility index (Phi) is 6.27. The first-order valence-electron chi connectivity index (χ1n) is 6.68. The summed E-state index contributed by atoms with van der Waals surface area (Å²) in [6.45, 7) is 9.24. The smallest absolute Gasteiger partial charge is 0.141 e. The molecular weight excluding hydrogens is 309 g/mol. The van der Waals surface area contributed by atoms with Gasteiger partial charge in [0.25, 0.3) is 0 Å². The lowest BCUT2D eigenvalue weighted by Gasteiger charge is -2.26. The molecule has 0 spiro atoms. The van der Waals surface area contributed by atoms with Gasteiger partial charge < -0.3 is 10.1 Å². The van der Waals surface area contributed by atoms with Crippen molar-refractivity contribution < 1.29 is 9.13 Å². The van der Waals surface area contributed by atoms with Crippen molar-refractivity contribution in [1.29, 1.82) is 0 Å². The van der Waals surface area contributed by atoms with Crippen LogP contribution in [0, 0.1) is 5.82 Å². The Hall–Kier alpha value is -0.610. The standard InChI is InChI=1S/C15H23BrFNO/c1-5-6-12(10-18-15(2,3)4)19-11-7-8-13(16)14(17)9-11/h7-9,12,18H,5-6,10H2,1-4H3. The van der Waals surface area contributed by atoms with E-state index < -0.39 is 0 Å². The molecule has 1 N–H and O–H groups in total. The van der Waals surface area contributed by atoms with Gasteiger partial charge in [-0.25, -0.2) is 4.39 Å². The number of ether oxygens (including phenoxy) is 1. The monoisotopic (exact) mass is 331 g/mol. The molecule has 4 heteroatoms. The van der Waals surface area contributed by atoms with Crippen molar-refractivity contribution in [2.75, 3.05) is 6.54 Å². The van der Waals surface area contributed by atoms with Crippen molar-refractivity contribution in [3.8, 4) is 5.75 Å². The molecule has 1 aromatic carbocycles. The summed E-state index contributed by atoms with van der Waals surface area (Å²) >= 11 is 3.14. The molecule has 1 aromatic rings. The van der Waals surface area contributed by atoms with Gasteiger partial charge in [0.2, 0.25) is 0 Å². The third-order valence-electron chi connectivity index (χ3n) is 2.66. The SMILES string of the molecule is CCCC(CNC(C)(C)C)Oc1ccc(Br)c(F)c1. The molecule has 0 heterocycles. The Morgan fingerprint density at radius 3 is 2.58 bits per heavy atom. The van der Waals surface area contributed by atoms with Gasteiger partial charge in [-0.1, -0.05) is 13.3 Å². The minimum absolute atomic E-state index is 0.0559. The van der Waals surface area contributed by atoms with Gasteiger partial charge in [0.1, 0.15) is 17.7 Å². The van der Waals surface area contributed by atoms with Gasteiger partial charge in [0.15, 0.2) is 0 Å². The molecule has 1 rings (SSSR count). The van der Waals surface area contributed by atoms with Crippen molar-refractivity contribution in [1.82, 2.24) is 5.32 Å². The second-order valence-corrected chi connectivity index (χ2v) is 6.59. The molecule has 0 fully saturated rings. The predicted molar refractivity (Wildman–Crippen MR) is 81.2 cm³/mol. The van der Waals surface area contributed by atoms with E-state index in [9.17, 15) is 4.39 Å². The summed E-state index contributed by atoms with van der Waals surface area (Å²) in [5.41, 5.74) is 0.0559. The summed E-state index contributed by atoms with van der Waals surface area (Å²) in [6, 6.07) is 4.88. The number of hydrogen-bond acceptors (Lipinski definition) is 2. The van der Waals surface area contributed by atoms with Gasteiger partial charge in [-0.15, -0.1) is 0 Å². The zero-order valence-corrected chi connectivity index (χ0v) is 13.7. The highest BCUT2D eigenvalue weighted by Crippen LogP contribution is 2.22. The summed E-state index contributed by atoms with van der Waals surface area (Å²) in [7, 11) is 0. The lowest BCUT2D eigenvalue weighted by atomic mass is 10.1. The van der Waals surface area contributed by atoms with Crippen LogP contribution in [-0.4, -0.2) is 18.2 Å². The largest absolute Gasteiger partial charge is 0.489 e. The van der Waals surface area contributed by atoms with Crippen LogP contribution in [0.4, 0.5) is 4.39 Å². The molecule has 2 nitrogen and oxygen atoms in total. The van der Waals surface area contributed by atoms with E-state index in [0.29, 0.717) is 10.2 Å². The maximum atomic E-state index is 13.4. The van der Waals surface area contributed by atoms with E-state index >= 15 is 0 Å². The zero-order chi connectivity index (χ0) is 14.5. The van der Waals surface area contributed by atoms with E-state index in [0.717, 1.165) is 19.4 Å². The van der Waals surface area contributed by atoms with Crippen LogP contribution >= 0.6 is 15.9 Å². The van der Waals surface area contributed by atoms with Crippen molar-refractivity contribution >= 4 is 15.9 Å². The third-order valence-corrected chi connectivity index (χ3v) is 3.31. The van der Waals surface area contributed by atoms with E-state index in [4.69, 9.17) is 4.74 Å². The molecule has 0 saturated heterocycles. The minimum atomic E-state index is -0.295. The van der Waals surface area contributed by atoms with Crippen LogP contribution in [0.2, 0.25) is 0 Å². The summed E-state index contributed by atoms with van der Waals surface area (Å²) in [6.07, 6.45) is 2.04. The molecule has 0 bridgehead atoms. The molecule has 0 aliphatic heterocycles. The fourth-order valence-electron chi connectivity index (χ4n) is 1.69. The number of rotatable bonds is 6. The molecule has 0 aromatic heterocycles. The summed E-state index contributed by atoms with van der Waals surface area (Å²) in [5, 5.41) is 3.43. The Morgan fingerprint density at radius 2 is 2.05 bits per heavy atom. The fraction of sp³-hybridized carbons (Fsp3) is 0.600. The molecular formula is C15H23BrFNO. The van der Waals surface area contributed by atoms with Crippen molar-refractivity contribution in [2.45, 2.75) is 52.2 Å².